The molecule has 5 nitrogen and oxygen atoms in total. The highest BCUT2D eigenvalue weighted by atomic mass is 16.5. The lowest BCUT2D eigenvalue weighted by molar-refractivity contribution is -0.119. The molecule has 0 bridgehead atoms. The average Bonchev–Trinajstić information content (AvgIpc) is 2.66. The number of carbonyl (C=O) groups is 1. The number of rotatable bonds is 4. The van der Waals surface area contributed by atoms with Crippen LogP contribution in [0.2, 0.25) is 0 Å². The summed E-state index contributed by atoms with van der Waals surface area (Å²) in [6, 6.07) is 0.168. The number of hydrogen-bond donors (Lipinski definition) is 1. The second-order valence-electron chi connectivity index (χ2n) is 4.10. The molecule has 1 aromatic rings. The quantitative estimate of drug-likeness (QED) is 0.775. The molecule has 1 unspecified atom stereocenters. The highest BCUT2D eigenvalue weighted by Gasteiger charge is 2.17. The largest absolute Gasteiger partial charge is 0.379 e. The van der Waals surface area contributed by atoms with Crippen molar-refractivity contribution in [1.29, 1.82) is 0 Å². The molecule has 16 heavy (non-hydrogen) atoms. The van der Waals surface area contributed by atoms with Gasteiger partial charge >= 0.3 is 0 Å². The van der Waals surface area contributed by atoms with Crippen LogP contribution >= 0.6 is 0 Å². The molecular weight excluding hydrogens is 206 g/mol. The van der Waals surface area contributed by atoms with Gasteiger partial charge < -0.3 is 14.6 Å². The lowest BCUT2D eigenvalue weighted by Crippen LogP contribution is -2.42. The first kappa shape index (κ1) is 11.3. The van der Waals surface area contributed by atoms with Crippen LogP contribution in [0.15, 0.2) is 12.4 Å². The maximum absolute atomic E-state index is 11.8. The van der Waals surface area contributed by atoms with Crippen molar-refractivity contribution in [3.05, 3.63) is 18.2 Å². The Bertz CT molecular complexity index is 356. The molecule has 0 saturated carbocycles. The summed E-state index contributed by atoms with van der Waals surface area (Å²) in [4.78, 5) is 15.9. The van der Waals surface area contributed by atoms with E-state index in [4.69, 9.17) is 4.74 Å². The van der Waals surface area contributed by atoms with Crippen LogP contribution in [0.5, 0.6) is 0 Å². The minimum Gasteiger partial charge on any atom is -0.379 e. The lowest BCUT2D eigenvalue weighted by atomic mass is 10.1. The van der Waals surface area contributed by atoms with E-state index in [0.717, 1.165) is 19.0 Å². The number of aromatic nitrogens is 2. The van der Waals surface area contributed by atoms with Crippen LogP contribution in [0.25, 0.3) is 0 Å². The maximum atomic E-state index is 11.8. The van der Waals surface area contributed by atoms with E-state index < -0.39 is 0 Å². The molecule has 1 fully saturated rings. The number of nitrogens with zero attached hydrogens (tertiary/aromatic N) is 2. The van der Waals surface area contributed by atoms with Gasteiger partial charge in [-0.05, 0) is 0 Å². The third-order valence-electron chi connectivity index (χ3n) is 2.75. The monoisotopic (exact) mass is 223 g/mol. The van der Waals surface area contributed by atoms with Gasteiger partial charge in [0.1, 0.15) is 11.6 Å². The molecule has 1 atom stereocenters. The van der Waals surface area contributed by atoms with Gasteiger partial charge in [0.25, 0.3) is 0 Å². The summed E-state index contributed by atoms with van der Waals surface area (Å²) in [6.45, 7) is 2.21. The summed E-state index contributed by atoms with van der Waals surface area (Å²) in [5, 5.41) is 3.27. The molecule has 0 aliphatic carbocycles. The Balaban J connectivity index is 1.82. The molecule has 0 spiro atoms. The van der Waals surface area contributed by atoms with Crippen molar-refractivity contribution >= 4 is 5.78 Å². The van der Waals surface area contributed by atoms with Crippen molar-refractivity contribution in [1.82, 2.24) is 14.9 Å². The number of hydrogen-bond acceptors (Lipinski definition) is 4. The van der Waals surface area contributed by atoms with Gasteiger partial charge in [0.2, 0.25) is 0 Å². The standard InChI is InChI=1S/C11H17N3O2/c1-14-4-2-13-11(14)7-10(15)6-9-8-16-5-3-12-9/h2,4,9,12H,3,5-8H2,1H3. The third kappa shape index (κ3) is 2.90. The van der Waals surface area contributed by atoms with E-state index >= 15 is 0 Å². The number of ketones is 1. The van der Waals surface area contributed by atoms with Crippen molar-refractivity contribution in [2.45, 2.75) is 18.9 Å². The molecule has 2 rings (SSSR count). The van der Waals surface area contributed by atoms with E-state index in [2.05, 4.69) is 10.3 Å². The van der Waals surface area contributed by atoms with Gasteiger partial charge in [-0.1, -0.05) is 0 Å². The molecule has 1 aromatic heterocycles. The van der Waals surface area contributed by atoms with Crippen molar-refractivity contribution in [3.8, 4) is 0 Å². The number of imidazole rings is 1. The first-order chi connectivity index (χ1) is 7.75. The molecule has 1 saturated heterocycles. The van der Waals surface area contributed by atoms with Crippen molar-refractivity contribution in [3.63, 3.8) is 0 Å². The highest BCUT2D eigenvalue weighted by molar-refractivity contribution is 5.80. The summed E-state index contributed by atoms with van der Waals surface area (Å²) >= 11 is 0. The smallest absolute Gasteiger partial charge is 0.142 e. The molecule has 1 N–H and O–H groups in total. The fourth-order valence-electron chi connectivity index (χ4n) is 1.84. The number of nitrogens with one attached hydrogen (secondary N) is 1. The van der Waals surface area contributed by atoms with Gasteiger partial charge in [-0.25, -0.2) is 4.98 Å². The molecule has 5 heteroatoms. The van der Waals surface area contributed by atoms with E-state index in [1.54, 1.807) is 6.20 Å². The molecular formula is C11H17N3O2. The van der Waals surface area contributed by atoms with Gasteiger partial charge in [-0.15, -0.1) is 0 Å². The van der Waals surface area contributed by atoms with Gasteiger partial charge in [-0.3, -0.25) is 4.79 Å². The molecule has 0 radical (unpaired) electrons. The topological polar surface area (TPSA) is 56.2 Å². The number of ether oxygens (including phenoxy) is 1. The summed E-state index contributed by atoms with van der Waals surface area (Å²) in [6.07, 6.45) is 4.49. The Labute approximate surface area is 94.8 Å². The van der Waals surface area contributed by atoms with Gasteiger partial charge in [0, 0.05) is 38.4 Å². The van der Waals surface area contributed by atoms with Crippen LogP contribution in [0, 0.1) is 0 Å². The minimum absolute atomic E-state index is 0.168. The van der Waals surface area contributed by atoms with Crippen molar-refractivity contribution < 1.29 is 9.53 Å². The van der Waals surface area contributed by atoms with Gasteiger partial charge in [0.05, 0.1) is 19.6 Å². The molecule has 1 aliphatic rings. The van der Waals surface area contributed by atoms with E-state index in [0.29, 0.717) is 19.4 Å². The van der Waals surface area contributed by atoms with Gasteiger partial charge in [0.15, 0.2) is 0 Å². The number of Topliss-reactive ketones (excluding diaryl/α,β-unsaturated/α-hetero) is 1. The Morgan fingerprint density at radius 3 is 3.25 bits per heavy atom. The van der Waals surface area contributed by atoms with E-state index in [1.807, 2.05) is 17.8 Å². The zero-order valence-corrected chi connectivity index (χ0v) is 9.48. The molecule has 2 heterocycles. The Morgan fingerprint density at radius 2 is 2.62 bits per heavy atom. The lowest BCUT2D eigenvalue weighted by Gasteiger charge is -2.23. The zero-order valence-electron chi connectivity index (χ0n) is 9.48. The molecule has 0 amide bonds. The normalized spacial score (nSPS) is 20.9. The van der Waals surface area contributed by atoms with E-state index in [1.165, 1.54) is 0 Å². The number of morpholine rings is 1. The summed E-state index contributed by atoms with van der Waals surface area (Å²) in [5.74, 6) is 1.03. The fourth-order valence-corrected chi connectivity index (χ4v) is 1.84. The zero-order chi connectivity index (χ0) is 11.4. The predicted molar refractivity (Wildman–Crippen MR) is 59.1 cm³/mol. The minimum atomic E-state index is 0.168. The number of aryl methyl sites for hydroxylation is 1. The van der Waals surface area contributed by atoms with E-state index in [9.17, 15) is 4.79 Å². The van der Waals surface area contributed by atoms with E-state index in [-0.39, 0.29) is 11.8 Å². The van der Waals surface area contributed by atoms with Crippen LogP contribution in [0.1, 0.15) is 12.2 Å². The highest BCUT2D eigenvalue weighted by Crippen LogP contribution is 2.03. The van der Waals surface area contributed by atoms with Gasteiger partial charge in [-0.2, -0.15) is 0 Å². The third-order valence-corrected chi connectivity index (χ3v) is 2.75. The van der Waals surface area contributed by atoms with Crippen molar-refractivity contribution in [2.24, 2.45) is 7.05 Å². The summed E-state index contributed by atoms with van der Waals surface area (Å²) < 4.78 is 7.18. The number of carbonyl (C=O) groups excluding carboxylic acids is 1. The van der Waals surface area contributed by atoms with Crippen LogP contribution in [-0.2, 0) is 23.0 Å². The second kappa shape index (κ2) is 5.23. The Kier molecular flexibility index (Phi) is 3.69. The Morgan fingerprint density at radius 1 is 1.75 bits per heavy atom. The molecule has 1 aliphatic heterocycles. The fraction of sp³-hybridized carbons (Fsp3) is 0.636. The second-order valence-corrected chi connectivity index (χ2v) is 4.10. The van der Waals surface area contributed by atoms with Crippen LogP contribution < -0.4 is 5.32 Å². The first-order valence-corrected chi connectivity index (χ1v) is 5.55. The average molecular weight is 223 g/mol. The summed E-state index contributed by atoms with van der Waals surface area (Å²) in [7, 11) is 1.90. The molecule has 0 aromatic carbocycles. The maximum Gasteiger partial charge on any atom is 0.142 e. The SMILES string of the molecule is Cn1ccnc1CC(=O)CC1COCCN1. The first-order valence-electron chi connectivity index (χ1n) is 5.55. The summed E-state index contributed by atoms with van der Waals surface area (Å²) in [5.41, 5.74) is 0. The van der Waals surface area contributed by atoms with Crippen molar-refractivity contribution in [2.75, 3.05) is 19.8 Å². The van der Waals surface area contributed by atoms with Crippen LogP contribution in [0.4, 0.5) is 0 Å². The van der Waals surface area contributed by atoms with Crippen LogP contribution in [-0.4, -0.2) is 41.1 Å². The van der Waals surface area contributed by atoms with Crippen LogP contribution in [0.3, 0.4) is 0 Å². The predicted octanol–water partition coefficient (Wildman–Crippen LogP) is -0.0898. The Hall–Kier alpha value is -1.20. The molecule has 88 valence electrons.